The summed E-state index contributed by atoms with van der Waals surface area (Å²) in [5.41, 5.74) is 6.65. The fraction of sp³-hybridized carbons (Fsp3) is 0.200. The van der Waals surface area contributed by atoms with Crippen molar-refractivity contribution in [1.29, 1.82) is 5.41 Å². The number of nitrogens with zero attached hydrogens (tertiary/aromatic N) is 1. The highest BCUT2D eigenvalue weighted by atomic mass is 79.9. The Morgan fingerprint density at radius 1 is 1.59 bits per heavy atom. The van der Waals surface area contributed by atoms with Gasteiger partial charge in [0.15, 0.2) is 0 Å². The molecule has 0 aromatic heterocycles. The predicted octanol–water partition coefficient (Wildman–Crippen LogP) is 2.45. The molecule has 7 heteroatoms. The number of benzene rings is 1. The molecule has 92 valence electrons. The highest BCUT2D eigenvalue weighted by molar-refractivity contribution is 9.10. The number of hydrogen-bond acceptors (Lipinski definition) is 2. The van der Waals surface area contributed by atoms with Crippen LogP contribution in [0.4, 0.5) is 10.5 Å². The zero-order chi connectivity index (χ0) is 13.2. The van der Waals surface area contributed by atoms with Gasteiger partial charge in [0.25, 0.3) is 0 Å². The zero-order valence-corrected chi connectivity index (χ0v) is 11.7. The summed E-state index contributed by atoms with van der Waals surface area (Å²) in [4.78, 5) is 12.7. The van der Waals surface area contributed by atoms with Crippen molar-refractivity contribution in [1.82, 2.24) is 5.32 Å². The quantitative estimate of drug-likeness (QED) is 0.549. The summed E-state index contributed by atoms with van der Waals surface area (Å²) in [6.07, 6.45) is 0. The van der Waals surface area contributed by atoms with E-state index in [1.807, 2.05) is 0 Å². The number of rotatable bonds is 1. The van der Waals surface area contributed by atoms with Gasteiger partial charge in [0.05, 0.1) is 10.7 Å². The van der Waals surface area contributed by atoms with Crippen LogP contribution in [0, 0.1) is 12.3 Å². The van der Waals surface area contributed by atoms with Gasteiger partial charge >= 0.3 is 6.03 Å². The number of nitrogens with one attached hydrogen (secondary N) is 2. The highest BCUT2D eigenvalue weighted by Crippen LogP contribution is 2.31. The Morgan fingerprint density at radius 3 is 2.65 bits per heavy atom. The standard InChI is InChI=1S/C10H12BrClN4O/c1-5-3-6(11)7(12)4-8(5)16(9(13)14)10(17)15-2/h3-4H,1-2H3,(H3,13,14)(H,15,17). The third-order valence-corrected chi connectivity index (χ3v) is 3.33. The van der Waals surface area contributed by atoms with Crippen molar-refractivity contribution < 1.29 is 4.79 Å². The number of urea groups is 1. The van der Waals surface area contributed by atoms with Gasteiger partial charge in [-0.25, -0.2) is 9.69 Å². The normalized spacial score (nSPS) is 9.88. The first-order chi connectivity index (χ1) is 7.88. The van der Waals surface area contributed by atoms with E-state index < -0.39 is 6.03 Å². The van der Waals surface area contributed by atoms with Crippen LogP contribution in [-0.2, 0) is 0 Å². The van der Waals surface area contributed by atoms with Crippen molar-refractivity contribution in [3.8, 4) is 0 Å². The van der Waals surface area contributed by atoms with E-state index in [0.29, 0.717) is 10.7 Å². The van der Waals surface area contributed by atoms with Gasteiger partial charge in [0.1, 0.15) is 0 Å². The van der Waals surface area contributed by atoms with Crippen LogP contribution in [0.2, 0.25) is 5.02 Å². The molecule has 1 rings (SSSR count). The molecule has 0 aliphatic heterocycles. The molecule has 0 radical (unpaired) electrons. The molecule has 0 saturated heterocycles. The van der Waals surface area contributed by atoms with Crippen molar-refractivity contribution in [2.75, 3.05) is 11.9 Å². The SMILES string of the molecule is CNC(=O)N(C(=N)N)c1cc(Cl)c(Br)cc1C. The highest BCUT2D eigenvalue weighted by Gasteiger charge is 2.20. The third-order valence-electron chi connectivity index (χ3n) is 2.14. The van der Waals surface area contributed by atoms with Crippen LogP contribution in [0.15, 0.2) is 16.6 Å². The summed E-state index contributed by atoms with van der Waals surface area (Å²) < 4.78 is 0.723. The van der Waals surface area contributed by atoms with E-state index in [-0.39, 0.29) is 5.96 Å². The average molecular weight is 320 g/mol. The van der Waals surface area contributed by atoms with E-state index in [2.05, 4.69) is 21.2 Å². The molecule has 0 aliphatic rings. The van der Waals surface area contributed by atoms with Gasteiger partial charge in [-0.3, -0.25) is 5.41 Å². The van der Waals surface area contributed by atoms with Crippen LogP contribution in [0.1, 0.15) is 5.56 Å². The largest absolute Gasteiger partial charge is 0.369 e. The van der Waals surface area contributed by atoms with Gasteiger partial charge in [-0.15, -0.1) is 0 Å². The second-order valence-corrected chi connectivity index (χ2v) is 4.59. The molecule has 0 atom stereocenters. The second kappa shape index (κ2) is 5.37. The molecule has 4 N–H and O–H groups in total. The van der Waals surface area contributed by atoms with Crippen LogP contribution in [0.5, 0.6) is 0 Å². The first kappa shape index (κ1) is 13.8. The Bertz CT molecular complexity index is 478. The van der Waals surface area contributed by atoms with E-state index in [1.165, 1.54) is 7.05 Å². The maximum atomic E-state index is 11.6. The number of halogens is 2. The van der Waals surface area contributed by atoms with Gasteiger partial charge in [0.2, 0.25) is 5.96 Å². The first-order valence-corrected chi connectivity index (χ1v) is 5.87. The first-order valence-electron chi connectivity index (χ1n) is 4.70. The van der Waals surface area contributed by atoms with E-state index >= 15 is 0 Å². The second-order valence-electron chi connectivity index (χ2n) is 3.33. The van der Waals surface area contributed by atoms with E-state index in [9.17, 15) is 4.79 Å². The molecular weight excluding hydrogens is 307 g/mol. The number of amides is 2. The molecule has 0 fully saturated rings. The van der Waals surface area contributed by atoms with Crippen molar-refractivity contribution in [3.05, 3.63) is 27.2 Å². The van der Waals surface area contributed by atoms with Crippen LogP contribution in [0.25, 0.3) is 0 Å². The van der Waals surface area contributed by atoms with Crippen LogP contribution < -0.4 is 16.0 Å². The summed E-state index contributed by atoms with van der Waals surface area (Å²) in [5.74, 6) is -0.370. The van der Waals surface area contributed by atoms with E-state index in [0.717, 1.165) is 14.9 Å². The van der Waals surface area contributed by atoms with E-state index in [4.69, 9.17) is 22.7 Å². The zero-order valence-electron chi connectivity index (χ0n) is 9.34. The van der Waals surface area contributed by atoms with Crippen LogP contribution in [-0.4, -0.2) is 19.0 Å². The number of carbonyl (C=O) groups excluding carboxylic acids is 1. The molecule has 5 nitrogen and oxygen atoms in total. The van der Waals surface area contributed by atoms with Gasteiger partial charge in [0, 0.05) is 11.5 Å². The van der Waals surface area contributed by atoms with Gasteiger partial charge < -0.3 is 11.1 Å². The van der Waals surface area contributed by atoms with Crippen LogP contribution >= 0.6 is 27.5 Å². The fourth-order valence-corrected chi connectivity index (χ4v) is 1.95. The summed E-state index contributed by atoms with van der Waals surface area (Å²) in [6.45, 7) is 1.80. The predicted molar refractivity (Wildman–Crippen MR) is 72.7 cm³/mol. The summed E-state index contributed by atoms with van der Waals surface area (Å²) in [5, 5.41) is 10.3. The Morgan fingerprint density at radius 2 is 2.18 bits per heavy atom. The van der Waals surface area contributed by atoms with Crippen LogP contribution in [0.3, 0.4) is 0 Å². The average Bonchev–Trinajstić information content (AvgIpc) is 2.25. The Labute approximate surface area is 113 Å². The number of nitrogens with two attached hydrogens (primary N) is 1. The number of guanidine groups is 1. The molecule has 0 bridgehead atoms. The fourth-order valence-electron chi connectivity index (χ4n) is 1.34. The monoisotopic (exact) mass is 318 g/mol. The topological polar surface area (TPSA) is 82.2 Å². The minimum Gasteiger partial charge on any atom is -0.369 e. The van der Waals surface area contributed by atoms with Gasteiger partial charge in [-0.2, -0.15) is 0 Å². The lowest BCUT2D eigenvalue weighted by molar-refractivity contribution is 0.251. The Kier molecular flexibility index (Phi) is 4.36. The minimum atomic E-state index is -0.487. The Hall–Kier alpha value is -1.27. The van der Waals surface area contributed by atoms with Crippen molar-refractivity contribution >= 4 is 45.2 Å². The number of hydrogen-bond donors (Lipinski definition) is 3. The van der Waals surface area contributed by atoms with Gasteiger partial charge in [-0.05, 0) is 40.5 Å². The minimum absolute atomic E-state index is 0.370. The molecule has 2 amide bonds. The molecule has 1 aromatic carbocycles. The summed E-state index contributed by atoms with van der Waals surface area (Å²) >= 11 is 9.25. The molecule has 0 heterocycles. The van der Waals surface area contributed by atoms with Crippen molar-refractivity contribution in [3.63, 3.8) is 0 Å². The van der Waals surface area contributed by atoms with Crippen molar-refractivity contribution in [2.45, 2.75) is 6.92 Å². The summed E-state index contributed by atoms with van der Waals surface area (Å²) in [7, 11) is 1.47. The maximum absolute atomic E-state index is 11.6. The number of aryl methyl sites for hydroxylation is 1. The summed E-state index contributed by atoms with van der Waals surface area (Å²) in [6, 6.07) is 2.85. The smallest absolute Gasteiger partial charge is 0.328 e. The van der Waals surface area contributed by atoms with Crippen molar-refractivity contribution in [2.24, 2.45) is 5.73 Å². The van der Waals surface area contributed by atoms with E-state index in [1.54, 1.807) is 19.1 Å². The molecule has 0 saturated carbocycles. The lowest BCUT2D eigenvalue weighted by atomic mass is 10.2. The molecule has 1 aromatic rings. The molecule has 0 spiro atoms. The van der Waals surface area contributed by atoms with Gasteiger partial charge in [-0.1, -0.05) is 11.6 Å². The maximum Gasteiger partial charge on any atom is 0.328 e. The third kappa shape index (κ3) is 2.89. The number of anilines is 1. The molecule has 17 heavy (non-hydrogen) atoms. The molecule has 0 unspecified atom stereocenters. The lowest BCUT2D eigenvalue weighted by Gasteiger charge is -2.22. The number of carbonyl (C=O) groups is 1. The molecular formula is C10H12BrClN4O. The lowest BCUT2D eigenvalue weighted by Crippen LogP contribution is -2.46. The molecule has 0 aliphatic carbocycles. The Balaban J connectivity index is 3.33.